The number of halogens is 2. The van der Waals surface area contributed by atoms with E-state index in [9.17, 15) is 17.2 Å². The van der Waals surface area contributed by atoms with E-state index in [0.717, 1.165) is 0 Å². The lowest BCUT2D eigenvalue weighted by Crippen LogP contribution is -2.13. The number of fused-ring (bicyclic) bond motifs is 1. The van der Waals surface area contributed by atoms with Crippen LogP contribution in [0.4, 0.5) is 8.78 Å². The summed E-state index contributed by atoms with van der Waals surface area (Å²) in [7, 11) is -2.60. The number of ether oxygens (including phenoxy) is 2. The molecule has 3 aromatic rings. The van der Waals surface area contributed by atoms with Crippen LogP contribution in [0.3, 0.4) is 0 Å². The second-order valence-electron chi connectivity index (χ2n) is 5.31. The summed E-state index contributed by atoms with van der Waals surface area (Å²) in [6.07, 6.45) is 2.95. The fraction of sp³-hybridized carbons (Fsp3) is 0.200. The van der Waals surface area contributed by atoms with E-state index in [1.807, 2.05) is 0 Å². The molecule has 2 heterocycles. The maximum atomic E-state index is 12.3. The molecule has 3 rings (SSSR count). The Balaban J connectivity index is 2.12. The van der Waals surface area contributed by atoms with Crippen LogP contribution in [0.25, 0.3) is 16.8 Å². The highest BCUT2D eigenvalue weighted by Gasteiger charge is 2.21. The molecular weight excluding hydrogens is 370 g/mol. The zero-order chi connectivity index (χ0) is 19.1. The monoisotopic (exact) mass is 384 g/mol. The molecular formula is C15H14F2N4O4S. The van der Waals surface area contributed by atoms with Gasteiger partial charge in [-0.2, -0.15) is 13.9 Å². The Morgan fingerprint density at radius 2 is 2.04 bits per heavy atom. The Hall–Kier alpha value is -2.79. The van der Waals surface area contributed by atoms with Gasteiger partial charge in [0.05, 0.1) is 12.8 Å². The molecule has 0 saturated heterocycles. The van der Waals surface area contributed by atoms with E-state index in [-0.39, 0.29) is 27.7 Å². The number of benzene rings is 1. The number of hydrogen-bond donors (Lipinski definition) is 1. The van der Waals surface area contributed by atoms with E-state index < -0.39 is 16.6 Å². The van der Waals surface area contributed by atoms with Crippen LogP contribution in [0.5, 0.6) is 11.5 Å². The van der Waals surface area contributed by atoms with Gasteiger partial charge < -0.3 is 9.47 Å². The van der Waals surface area contributed by atoms with E-state index in [1.54, 1.807) is 0 Å². The van der Waals surface area contributed by atoms with Crippen LogP contribution in [-0.2, 0) is 10.0 Å². The zero-order valence-corrected chi connectivity index (χ0v) is 14.5. The molecule has 0 unspecified atom stereocenters. The molecule has 2 aromatic heterocycles. The van der Waals surface area contributed by atoms with Gasteiger partial charge in [0, 0.05) is 29.6 Å². The number of hydrogen-bond acceptors (Lipinski definition) is 6. The molecule has 1 aromatic carbocycles. The van der Waals surface area contributed by atoms with Crippen molar-refractivity contribution in [3.63, 3.8) is 0 Å². The summed E-state index contributed by atoms with van der Waals surface area (Å²) in [6, 6.07) is 4.20. The highest BCUT2D eigenvalue weighted by atomic mass is 32.2. The van der Waals surface area contributed by atoms with Crippen LogP contribution < -0.4 is 14.6 Å². The number of primary sulfonamides is 1. The minimum Gasteiger partial charge on any atom is -0.496 e. The van der Waals surface area contributed by atoms with Crippen LogP contribution in [0.15, 0.2) is 35.5 Å². The first-order valence-corrected chi connectivity index (χ1v) is 8.76. The summed E-state index contributed by atoms with van der Waals surface area (Å²) in [5, 5.41) is 9.31. The van der Waals surface area contributed by atoms with Crippen molar-refractivity contribution in [2.24, 2.45) is 5.14 Å². The molecule has 0 fully saturated rings. The average Bonchev–Trinajstić information content (AvgIpc) is 2.89. The first-order chi connectivity index (χ1) is 12.2. The first kappa shape index (κ1) is 18.0. The Morgan fingerprint density at radius 3 is 2.65 bits per heavy atom. The van der Waals surface area contributed by atoms with Crippen LogP contribution in [0, 0.1) is 6.92 Å². The van der Waals surface area contributed by atoms with Crippen molar-refractivity contribution in [3.8, 4) is 22.6 Å². The number of nitrogens with zero attached hydrogens (tertiary/aromatic N) is 3. The smallest absolute Gasteiger partial charge is 0.387 e. The highest BCUT2D eigenvalue weighted by molar-refractivity contribution is 7.89. The van der Waals surface area contributed by atoms with Crippen molar-refractivity contribution >= 4 is 15.7 Å². The third kappa shape index (κ3) is 3.30. The number of alkyl halides is 2. The van der Waals surface area contributed by atoms with E-state index in [2.05, 4.69) is 14.8 Å². The van der Waals surface area contributed by atoms with Gasteiger partial charge in [-0.1, -0.05) is 0 Å². The molecule has 0 radical (unpaired) electrons. The topological polar surface area (TPSA) is 109 Å². The minimum absolute atomic E-state index is 0.0546. The average molecular weight is 384 g/mol. The molecule has 0 amide bonds. The number of aromatic nitrogens is 3. The fourth-order valence-corrected chi connectivity index (χ4v) is 3.44. The lowest BCUT2D eigenvalue weighted by Gasteiger charge is -2.11. The van der Waals surface area contributed by atoms with Crippen LogP contribution in [0.1, 0.15) is 5.69 Å². The summed E-state index contributed by atoms with van der Waals surface area (Å²) in [5.74, 6) is 0.223. The van der Waals surface area contributed by atoms with Gasteiger partial charge >= 0.3 is 6.61 Å². The van der Waals surface area contributed by atoms with Gasteiger partial charge in [0.2, 0.25) is 10.0 Å². The summed E-state index contributed by atoms with van der Waals surface area (Å²) >= 11 is 0. The standard InChI is InChI=1S/C15H14F2N4O4S/c1-8-13(26(18,22)23)14-19-6-9(7-21(14)20-8)11-4-3-10(25-15(16)17)5-12(11)24-2/h3-7,15H,1-2H3,(H2,18,22,23). The molecule has 0 atom stereocenters. The molecule has 0 spiro atoms. The van der Waals surface area contributed by atoms with Crippen molar-refractivity contribution < 1.29 is 26.7 Å². The number of aryl methyl sites for hydroxylation is 1. The van der Waals surface area contributed by atoms with Crippen molar-refractivity contribution in [1.29, 1.82) is 0 Å². The largest absolute Gasteiger partial charge is 0.496 e. The van der Waals surface area contributed by atoms with Gasteiger partial charge in [-0.25, -0.2) is 23.1 Å². The van der Waals surface area contributed by atoms with E-state index in [0.29, 0.717) is 11.1 Å². The van der Waals surface area contributed by atoms with Gasteiger partial charge in [0.15, 0.2) is 5.65 Å². The number of rotatable bonds is 5. The maximum absolute atomic E-state index is 12.3. The van der Waals surface area contributed by atoms with E-state index in [4.69, 9.17) is 9.88 Å². The van der Waals surface area contributed by atoms with Crippen molar-refractivity contribution in [3.05, 3.63) is 36.3 Å². The number of methoxy groups -OCH3 is 1. The fourth-order valence-electron chi connectivity index (χ4n) is 2.58. The molecule has 11 heteroatoms. The van der Waals surface area contributed by atoms with Gasteiger partial charge in [-0.15, -0.1) is 0 Å². The predicted molar refractivity (Wildman–Crippen MR) is 87.7 cm³/mol. The third-order valence-corrected chi connectivity index (χ3v) is 4.63. The van der Waals surface area contributed by atoms with Crippen molar-refractivity contribution in [2.45, 2.75) is 18.4 Å². The number of nitrogens with two attached hydrogens (primary N) is 1. The van der Waals surface area contributed by atoms with Crippen molar-refractivity contribution in [2.75, 3.05) is 7.11 Å². The predicted octanol–water partition coefficient (Wildman–Crippen LogP) is 1.96. The first-order valence-electron chi connectivity index (χ1n) is 7.21. The van der Waals surface area contributed by atoms with Gasteiger partial charge in [0.1, 0.15) is 16.4 Å². The molecule has 8 nitrogen and oxygen atoms in total. The van der Waals surface area contributed by atoms with Crippen LogP contribution in [0.2, 0.25) is 0 Å². The van der Waals surface area contributed by atoms with E-state index in [1.165, 1.54) is 49.1 Å². The quantitative estimate of drug-likeness (QED) is 0.720. The summed E-state index contributed by atoms with van der Waals surface area (Å²) < 4.78 is 58.9. The maximum Gasteiger partial charge on any atom is 0.387 e. The molecule has 0 aliphatic carbocycles. The molecule has 26 heavy (non-hydrogen) atoms. The van der Waals surface area contributed by atoms with Crippen LogP contribution >= 0.6 is 0 Å². The zero-order valence-electron chi connectivity index (χ0n) is 13.7. The number of sulfonamides is 1. The second kappa shape index (κ2) is 6.50. The van der Waals surface area contributed by atoms with Crippen molar-refractivity contribution in [1.82, 2.24) is 14.6 Å². The third-order valence-electron chi connectivity index (χ3n) is 3.59. The van der Waals surface area contributed by atoms with Crippen LogP contribution in [-0.4, -0.2) is 36.7 Å². The van der Waals surface area contributed by atoms with Gasteiger partial charge in [-0.3, -0.25) is 0 Å². The minimum atomic E-state index is -3.98. The Labute approximate surface area is 147 Å². The molecule has 2 N–H and O–H groups in total. The Bertz CT molecular complexity index is 1080. The van der Waals surface area contributed by atoms with Gasteiger partial charge in [-0.05, 0) is 19.1 Å². The lowest BCUT2D eigenvalue weighted by molar-refractivity contribution is -0.0499. The second-order valence-corrected chi connectivity index (χ2v) is 6.81. The lowest BCUT2D eigenvalue weighted by atomic mass is 10.1. The highest BCUT2D eigenvalue weighted by Crippen LogP contribution is 2.34. The molecule has 0 bridgehead atoms. The molecule has 0 saturated carbocycles. The normalized spacial score (nSPS) is 11.9. The Morgan fingerprint density at radius 1 is 1.31 bits per heavy atom. The van der Waals surface area contributed by atoms with E-state index >= 15 is 0 Å². The molecule has 0 aliphatic heterocycles. The summed E-state index contributed by atoms with van der Waals surface area (Å²) in [5.41, 5.74) is 1.37. The van der Waals surface area contributed by atoms with Gasteiger partial charge in [0.25, 0.3) is 0 Å². The SMILES string of the molecule is COc1cc(OC(F)F)ccc1-c1cnc2c(S(N)(=O)=O)c(C)nn2c1. The summed E-state index contributed by atoms with van der Waals surface area (Å²) in [6.45, 7) is -1.45. The summed E-state index contributed by atoms with van der Waals surface area (Å²) in [4.78, 5) is 3.97. The Kier molecular flexibility index (Phi) is 4.50. The molecule has 0 aliphatic rings. The molecule has 138 valence electrons.